The number of hydrogen-bond acceptors (Lipinski definition) is 3. The fourth-order valence-corrected chi connectivity index (χ4v) is 3.32. The monoisotopic (exact) mass is 352 g/mol. The average Bonchev–Trinajstić information content (AvgIpc) is 3.18. The lowest BCUT2D eigenvalue weighted by molar-refractivity contribution is 0.252. The van der Waals surface area contributed by atoms with Crippen molar-refractivity contribution in [3.8, 4) is 5.75 Å². The van der Waals surface area contributed by atoms with Crippen molar-refractivity contribution >= 4 is 11.6 Å². The predicted octanol–water partition coefficient (Wildman–Crippen LogP) is 3.57. The van der Waals surface area contributed by atoms with Crippen LogP contribution in [0.15, 0.2) is 53.5 Å². The van der Waals surface area contributed by atoms with Crippen molar-refractivity contribution in [2.75, 3.05) is 32.1 Å². The normalized spacial score (nSPS) is 16.5. The molecule has 3 N–H and O–H groups in total. The van der Waals surface area contributed by atoms with E-state index in [0.29, 0.717) is 12.5 Å². The topological polar surface area (TPSA) is 62.9 Å². The van der Waals surface area contributed by atoms with Crippen LogP contribution >= 0.6 is 0 Å². The Morgan fingerprint density at radius 1 is 1.12 bits per heavy atom. The van der Waals surface area contributed by atoms with Gasteiger partial charge >= 0.3 is 0 Å². The lowest BCUT2D eigenvalue weighted by Crippen LogP contribution is -2.30. The molecule has 26 heavy (non-hydrogen) atoms. The predicted molar refractivity (Wildman–Crippen MR) is 108 cm³/mol. The van der Waals surface area contributed by atoms with Crippen LogP contribution in [-0.4, -0.2) is 37.6 Å². The number of hydrogen-bond donors (Lipinski definition) is 2. The molecular formula is C21H28N4O. The fraction of sp³-hybridized carbons (Fsp3) is 0.381. The van der Waals surface area contributed by atoms with Crippen LogP contribution in [-0.2, 0) is 0 Å². The Morgan fingerprint density at radius 2 is 1.77 bits per heavy atom. The van der Waals surface area contributed by atoms with E-state index in [9.17, 15) is 0 Å². The number of rotatable bonds is 6. The van der Waals surface area contributed by atoms with Crippen LogP contribution in [0.25, 0.3) is 0 Å². The Labute approximate surface area is 155 Å². The van der Waals surface area contributed by atoms with Crippen LogP contribution in [0.2, 0.25) is 0 Å². The molecule has 1 aliphatic rings. The van der Waals surface area contributed by atoms with Gasteiger partial charge < -0.3 is 15.8 Å². The van der Waals surface area contributed by atoms with Gasteiger partial charge in [-0.3, -0.25) is 9.89 Å². The van der Waals surface area contributed by atoms with E-state index < -0.39 is 0 Å². The van der Waals surface area contributed by atoms with Crippen LogP contribution in [0.1, 0.15) is 30.0 Å². The minimum atomic E-state index is 0.273. The molecule has 1 saturated heterocycles. The van der Waals surface area contributed by atoms with Crippen LogP contribution in [0.4, 0.5) is 5.69 Å². The molecular weight excluding hydrogens is 324 g/mol. The molecule has 5 nitrogen and oxygen atoms in total. The van der Waals surface area contributed by atoms with Crippen LogP contribution in [0.3, 0.4) is 0 Å². The van der Waals surface area contributed by atoms with Gasteiger partial charge in [0.2, 0.25) is 0 Å². The standard InChI is InChI=1S/C21H28N4O/c1-16-5-7-17(8-6-16)20(25-13-3-4-14-25)15-23-21(22)24-18-9-11-19(26-2)12-10-18/h5-12,20H,3-4,13-15H2,1-2H3,(H3,22,23,24). The lowest BCUT2D eigenvalue weighted by Gasteiger charge is -2.27. The molecule has 1 heterocycles. The second kappa shape index (κ2) is 8.72. The van der Waals surface area contributed by atoms with E-state index in [1.54, 1.807) is 7.11 Å². The molecule has 0 bridgehead atoms. The number of aryl methyl sites for hydroxylation is 1. The summed E-state index contributed by atoms with van der Waals surface area (Å²) in [6, 6.07) is 16.7. The second-order valence-corrected chi connectivity index (χ2v) is 6.75. The maximum atomic E-state index is 6.11. The molecule has 0 amide bonds. The molecule has 5 heteroatoms. The van der Waals surface area contributed by atoms with Crippen LogP contribution in [0.5, 0.6) is 5.75 Å². The van der Waals surface area contributed by atoms with Crippen molar-refractivity contribution in [2.45, 2.75) is 25.8 Å². The molecule has 0 aliphatic carbocycles. The van der Waals surface area contributed by atoms with Gasteiger partial charge in [-0.05, 0) is 62.7 Å². The maximum Gasteiger partial charge on any atom is 0.193 e. The summed E-state index contributed by atoms with van der Waals surface area (Å²) in [7, 11) is 1.65. The summed E-state index contributed by atoms with van der Waals surface area (Å²) >= 11 is 0. The minimum Gasteiger partial charge on any atom is -0.497 e. The molecule has 1 aliphatic heterocycles. The van der Waals surface area contributed by atoms with Gasteiger partial charge in [-0.25, -0.2) is 0 Å². The molecule has 138 valence electrons. The maximum absolute atomic E-state index is 6.11. The van der Waals surface area contributed by atoms with E-state index in [4.69, 9.17) is 10.5 Å². The summed E-state index contributed by atoms with van der Waals surface area (Å²) < 4.78 is 5.17. The van der Waals surface area contributed by atoms with E-state index in [-0.39, 0.29) is 6.04 Å². The largest absolute Gasteiger partial charge is 0.497 e. The number of likely N-dealkylation sites (tertiary alicyclic amines) is 1. The number of nitrogens with one attached hydrogen (secondary N) is 1. The first kappa shape index (κ1) is 18.3. The minimum absolute atomic E-state index is 0.273. The van der Waals surface area contributed by atoms with Crippen molar-refractivity contribution in [3.05, 3.63) is 59.7 Å². The van der Waals surface area contributed by atoms with Crippen molar-refractivity contribution in [3.63, 3.8) is 0 Å². The molecule has 2 aromatic carbocycles. The molecule has 3 rings (SSSR count). The average molecular weight is 352 g/mol. The molecule has 0 aromatic heterocycles. The van der Waals surface area contributed by atoms with Crippen molar-refractivity contribution < 1.29 is 4.74 Å². The highest BCUT2D eigenvalue weighted by Crippen LogP contribution is 2.26. The zero-order chi connectivity index (χ0) is 18.4. The Hall–Kier alpha value is -2.53. The van der Waals surface area contributed by atoms with Crippen molar-refractivity contribution in [1.29, 1.82) is 0 Å². The number of anilines is 1. The number of ether oxygens (including phenoxy) is 1. The van der Waals surface area contributed by atoms with Gasteiger partial charge in [0.1, 0.15) is 5.75 Å². The summed E-state index contributed by atoms with van der Waals surface area (Å²) in [6.07, 6.45) is 2.51. The van der Waals surface area contributed by atoms with Crippen LogP contribution < -0.4 is 15.8 Å². The van der Waals surface area contributed by atoms with Gasteiger partial charge in [-0.15, -0.1) is 0 Å². The van der Waals surface area contributed by atoms with E-state index in [2.05, 4.69) is 46.4 Å². The van der Waals surface area contributed by atoms with E-state index in [0.717, 1.165) is 24.5 Å². The highest BCUT2D eigenvalue weighted by molar-refractivity contribution is 5.92. The first-order chi connectivity index (χ1) is 12.7. The number of benzene rings is 2. The number of guanidine groups is 1. The first-order valence-electron chi connectivity index (χ1n) is 9.17. The van der Waals surface area contributed by atoms with Gasteiger partial charge in [-0.2, -0.15) is 0 Å². The summed E-state index contributed by atoms with van der Waals surface area (Å²) in [5.41, 5.74) is 9.60. The van der Waals surface area contributed by atoms with Crippen molar-refractivity contribution in [1.82, 2.24) is 4.90 Å². The number of aliphatic imine (C=N–C) groups is 1. The highest BCUT2D eigenvalue weighted by Gasteiger charge is 2.23. The second-order valence-electron chi connectivity index (χ2n) is 6.75. The SMILES string of the molecule is COc1ccc(NC(N)=NCC(c2ccc(C)cc2)N2CCCC2)cc1. The van der Waals surface area contributed by atoms with E-state index in [1.165, 1.54) is 24.0 Å². The molecule has 0 radical (unpaired) electrons. The number of nitrogens with two attached hydrogens (primary N) is 1. The molecule has 1 atom stereocenters. The fourth-order valence-electron chi connectivity index (χ4n) is 3.32. The van der Waals surface area contributed by atoms with Gasteiger partial charge in [0.15, 0.2) is 5.96 Å². The third kappa shape index (κ3) is 4.76. The summed E-state index contributed by atoms with van der Waals surface area (Å²) in [5, 5.41) is 3.15. The van der Waals surface area contributed by atoms with Crippen LogP contribution in [0, 0.1) is 6.92 Å². The zero-order valence-corrected chi connectivity index (χ0v) is 15.6. The smallest absolute Gasteiger partial charge is 0.193 e. The Kier molecular flexibility index (Phi) is 6.12. The van der Waals surface area contributed by atoms with Gasteiger partial charge in [0.25, 0.3) is 0 Å². The quantitative estimate of drug-likeness (QED) is 0.616. The third-order valence-electron chi connectivity index (χ3n) is 4.84. The Bertz CT molecular complexity index is 719. The summed E-state index contributed by atoms with van der Waals surface area (Å²) in [6.45, 7) is 5.02. The first-order valence-corrected chi connectivity index (χ1v) is 9.17. The van der Waals surface area contributed by atoms with Crippen molar-refractivity contribution in [2.24, 2.45) is 10.7 Å². The molecule has 1 fully saturated rings. The summed E-state index contributed by atoms with van der Waals surface area (Å²) in [4.78, 5) is 7.12. The Balaban J connectivity index is 1.68. The number of methoxy groups -OCH3 is 1. The van der Waals surface area contributed by atoms with E-state index >= 15 is 0 Å². The Morgan fingerprint density at radius 3 is 2.38 bits per heavy atom. The van der Waals surface area contributed by atoms with E-state index in [1.807, 2.05) is 24.3 Å². The number of nitrogens with zero attached hydrogens (tertiary/aromatic N) is 2. The highest BCUT2D eigenvalue weighted by atomic mass is 16.5. The van der Waals surface area contributed by atoms with Gasteiger partial charge in [0.05, 0.1) is 19.7 Å². The summed E-state index contributed by atoms with van der Waals surface area (Å²) in [5.74, 6) is 1.26. The van der Waals surface area contributed by atoms with Gasteiger partial charge in [0, 0.05) is 5.69 Å². The zero-order valence-electron chi connectivity index (χ0n) is 15.6. The third-order valence-corrected chi connectivity index (χ3v) is 4.84. The molecule has 0 spiro atoms. The molecule has 1 unspecified atom stereocenters. The molecule has 0 saturated carbocycles. The lowest BCUT2D eigenvalue weighted by atomic mass is 10.0. The molecule has 2 aromatic rings. The van der Waals surface area contributed by atoms with Gasteiger partial charge in [-0.1, -0.05) is 29.8 Å².